The maximum Gasteiger partial charge on any atom is 0.284 e. The third kappa shape index (κ3) is 3.42. The minimum Gasteiger partial charge on any atom is -0.348 e. The molecule has 2 aromatic heterocycles. The topological polar surface area (TPSA) is 49.0 Å². The minimum atomic E-state index is -0.101. The van der Waals surface area contributed by atoms with Crippen LogP contribution in [-0.2, 0) is 11.3 Å². The van der Waals surface area contributed by atoms with E-state index in [1.54, 1.807) is 0 Å². The van der Waals surface area contributed by atoms with Crippen molar-refractivity contribution in [1.29, 1.82) is 0 Å². The average Bonchev–Trinajstić information content (AvgIpc) is 2.96. The van der Waals surface area contributed by atoms with Gasteiger partial charge >= 0.3 is 0 Å². The van der Waals surface area contributed by atoms with Gasteiger partial charge in [-0.15, -0.1) is 0 Å². The van der Waals surface area contributed by atoms with Crippen LogP contribution in [0.5, 0.6) is 0 Å². The zero-order chi connectivity index (χ0) is 16.2. The molecule has 2 N–H and O–H groups in total. The lowest BCUT2D eigenvalue weighted by molar-refractivity contribution is -0.510. The Kier molecular flexibility index (Phi) is 4.42. The highest BCUT2D eigenvalue weighted by molar-refractivity contribution is 5.83. The van der Waals surface area contributed by atoms with E-state index in [0.717, 1.165) is 23.3 Å². The maximum absolute atomic E-state index is 12.5. The molecule has 4 nitrogen and oxygen atoms in total. The molecule has 4 heteroatoms. The monoisotopic (exact) mass is 308 g/mol. The Balaban J connectivity index is 1.69. The van der Waals surface area contributed by atoms with Gasteiger partial charge in [0.2, 0.25) is 5.91 Å². The van der Waals surface area contributed by atoms with Crippen molar-refractivity contribution in [1.82, 2.24) is 10.3 Å². The number of nitrogens with zero attached hydrogens (tertiary/aromatic N) is 1. The van der Waals surface area contributed by atoms with Gasteiger partial charge in [-0.3, -0.25) is 4.79 Å². The van der Waals surface area contributed by atoms with E-state index in [0.29, 0.717) is 6.54 Å². The van der Waals surface area contributed by atoms with Crippen molar-refractivity contribution in [2.75, 3.05) is 0 Å². The number of hydrogen-bond donors (Lipinski definition) is 2. The molecular formula is C19H22N3O+. The third-order valence-corrected chi connectivity index (χ3v) is 4.10. The Morgan fingerprint density at radius 1 is 1.26 bits per heavy atom. The molecule has 0 bridgehead atoms. The molecular weight excluding hydrogens is 286 g/mol. The summed E-state index contributed by atoms with van der Waals surface area (Å²) in [6, 6.07) is 14.1. The molecule has 0 spiro atoms. The van der Waals surface area contributed by atoms with Gasteiger partial charge in [0.25, 0.3) is 5.65 Å². The Morgan fingerprint density at radius 3 is 2.78 bits per heavy atom. The second-order valence-corrected chi connectivity index (χ2v) is 5.87. The third-order valence-electron chi connectivity index (χ3n) is 4.10. The lowest BCUT2D eigenvalue weighted by Crippen LogP contribution is -2.29. The van der Waals surface area contributed by atoms with Crippen molar-refractivity contribution in [3.63, 3.8) is 0 Å². The lowest BCUT2D eigenvalue weighted by Gasteiger charge is -2.14. The SMILES string of the molecule is CCC(C(=O)NCc1c[n+]2ccc(C)cc2[nH]1)c1ccccc1. The van der Waals surface area contributed by atoms with Crippen LogP contribution in [0.3, 0.4) is 0 Å². The molecule has 1 unspecified atom stereocenters. The van der Waals surface area contributed by atoms with Gasteiger partial charge in [0.05, 0.1) is 18.7 Å². The van der Waals surface area contributed by atoms with Crippen molar-refractivity contribution >= 4 is 11.6 Å². The van der Waals surface area contributed by atoms with Crippen LogP contribution in [0.25, 0.3) is 5.65 Å². The number of carbonyl (C=O) groups is 1. The highest BCUT2D eigenvalue weighted by Crippen LogP contribution is 2.19. The molecule has 0 aliphatic carbocycles. The number of carbonyl (C=O) groups excluding carboxylic acids is 1. The first-order valence-corrected chi connectivity index (χ1v) is 7.99. The van der Waals surface area contributed by atoms with E-state index in [-0.39, 0.29) is 11.8 Å². The number of aromatic nitrogens is 2. The predicted octanol–water partition coefficient (Wildman–Crippen LogP) is 2.87. The van der Waals surface area contributed by atoms with Gasteiger partial charge in [0.15, 0.2) is 5.69 Å². The van der Waals surface area contributed by atoms with Crippen LogP contribution in [0.15, 0.2) is 54.9 Å². The molecule has 1 atom stereocenters. The molecule has 23 heavy (non-hydrogen) atoms. The summed E-state index contributed by atoms with van der Waals surface area (Å²) in [5.41, 5.74) is 4.29. The highest BCUT2D eigenvalue weighted by atomic mass is 16.1. The van der Waals surface area contributed by atoms with Crippen molar-refractivity contribution in [3.8, 4) is 0 Å². The van der Waals surface area contributed by atoms with Crippen LogP contribution in [0.4, 0.5) is 0 Å². The number of rotatable bonds is 5. The Morgan fingerprint density at radius 2 is 2.04 bits per heavy atom. The van der Waals surface area contributed by atoms with Crippen LogP contribution in [0, 0.1) is 6.92 Å². The summed E-state index contributed by atoms with van der Waals surface area (Å²) in [4.78, 5) is 15.8. The van der Waals surface area contributed by atoms with E-state index in [9.17, 15) is 4.79 Å². The first kappa shape index (κ1) is 15.3. The second-order valence-electron chi connectivity index (χ2n) is 5.87. The number of hydrogen-bond acceptors (Lipinski definition) is 1. The molecule has 0 aliphatic heterocycles. The summed E-state index contributed by atoms with van der Waals surface area (Å²) in [5.74, 6) is -0.0333. The van der Waals surface area contributed by atoms with Gasteiger partial charge in [-0.1, -0.05) is 37.3 Å². The number of amides is 1. The molecule has 3 aromatic rings. The first-order chi connectivity index (χ1) is 11.2. The van der Waals surface area contributed by atoms with Crippen molar-refractivity contribution in [2.45, 2.75) is 32.7 Å². The lowest BCUT2D eigenvalue weighted by atomic mass is 9.96. The summed E-state index contributed by atoms with van der Waals surface area (Å²) >= 11 is 0. The smallest absolute Gasteiger partial charge is 0.284 e. The molecule has 0 fully saturated rings. The van der Waals surface area contributed by atoms with E-state index in [1.165, 1.54) is 5.56 Å². The number of nitrogens with one attached hydrogen (secondary N) is 2. The predicted molar refractivity (Wildman–Crippen MR) is 90.0 cm³/mol. The van der Waals surface area contributed by atoms with Crippen molar-refractivity contribution in [2.24, 2.45) is 0 Å². The van der Waals surface area contributed by atoms with E-state index in [4.69, 9.17) is 0 Å². The van der Waals surface area contributed by atoms with E-state index < -0.39 is 0 Å². The standard InChI is InChI=1S/C19H21N3O/c1-3-17(15-7-5-4-6-8-15)19(23)20-12-16-13-22-10-9-14(2)11-18(22)21-16/h4-11,13,17H,3,12H2,1-2H3,(H,20,23)/p+1. The number of pyridine rings is 1. The van der Waals surface area contributed by atoms with Gasteiger partial charge in [0, 0.05) is 6.07 Å². The number of aryl methyl sites for hydroxylation is 1. The Bertz CT molecular complexity index is 808. The molecule has 1 aromatic carbocycles. The number of aromatic amines is 1. The Hall–Kier alpha value is -2.62. The van der Waals surface area contributed by atoms with E-state index in [1.807, 2.05) is 54.0 Å². The summed E-state index contributed by atoms with van der Waals surface area (Å²) in [7, 11) is 0. The van der Waals surface area contributed by atoms with Crippen LogP contribution in [0.2, 0.25) is 0 Å². The van der Waals surface area contributed by atoms with Gasteiger partial charge in [-0.2, -0.15) is 0 Å². The van der Waals surface area contributed by atoms with Gasteiger partial charge in [0.1, 0.15) is 6.20 Å². The van der Waals surface area contributed by atoms with Crippen LogP contribution >= 0.6 is 0 Å². The fourth-order valence-electron chi connectivity index (χ4n) is 2.85. The molecule has 118 valence electrons. The molecule has 0 aliphatic rings. The molecule has 2 heterocycles. The quantitative estimate of drug-likeness (QED) is 0.700. The number of benzene rings is 1. The number of H-pyrrole nitrogens is 1. The highest BCUT2D eigenvalue weighted by Gasteiger charge is 2.19. The largest absolute Gasteiger partial charge is 0.348 e. The normalized spacial score (nSPS) is 12.3. The molecule has 0 radical (unpaired) electrons. The van der Waals surface area contributed by atoms with E-state index in [2.05, 4.69) is 29.4 Å². The molecule has 0 saturated heterocycles. The summed E-state index contributed by atoms with van der Waals surface area (Å²) in [6.45, 7) is 4.61. The van der Waals surface area contributed by atoms with Gasteiger partial charge in [-0.25, -0.2) is 9.38 Å². The van der Waals surface area contributed by atoms with Gasteiger partial charge < -0.3 is 5.32 Å². The molecule has 1 amide bonds. The number of imidazole rings is 1. The molecule has 3 rings (SSSR count). The van der Waals surface area contributed by atoms with Crippen LogP contribution in [-0.4, -0.2) is 10.9 Å². The summed E-state index contributed by atoms with van der Waals surface area (Å²) in [6.07, 6.45) is 4.82. The van der Waals surface area contributed by atoms with E-state index >= 15 is 0 Å². The van der Waals surface area contributed by atoms with Gasteiger partial charge in [-0.05, 0) is 30.5 Å². The Labute approximate surface area is 136 Å². The minimum absolute atomic E-state index is 0.0681. The van der Waals surface area contributed by atoms with Crippen molar-refractivity contribution < 1.29 is 9.20 Å². The number of fused-ring (bicyclic) bond motifs is 1. The summed E-state index contributed by atoms with van der Waals surface area (Å²) < 4.78 is 2.03. The maximum atomic E-state index is 12.5. The summed E-state index contributed by atoms with van der Waals surface area (Å²) in [5, 5.41) is 3.04. The first-order valence-electron chi connectivity index (χ1n) is 7.99. The van der Waals surface area contributed by atoms with Crippen LogP contribution < -0.4 is 9.72 Å². The second kappa shape index (κ2) is 6.65. The fraction of sp³-hybridized carbons (Fsp3) is 0.263. The fourth-order valence-corrected chi connectivity index (χ4v) is 2.85. The van der Waals surface area contributed by atoms with Crippen LogP contribution in [0.1, 0.15) is 36.1 Å². The molecule has 0 saturated carbocycles. The zero-order valence-electron chi connectivity index (χ0n) is 13.5. The average molecular weight is 308 g/mol. The van der Waals surface area contributed by atoms with Crippen molar-refractivity contribution in [3.05, 3.63) is 71.7 Å². The zero-order valence-corrected chi connectivity index (χ0v) is 13.5.